The van der Waals surface area contributed by atoms with Crippen molar-refractivity contribution in [2.24, 2.45) is 4.99 Å². The number of fused-ring (bicyclic) bond motifs is 1. The molecular weight excluding hydrogens is 378 g/mol. The lowest BCUT2D eigenvalue weighted by Gasteiger charge is -2.18. The van der Waals surface area contributed by atoms with Crippen molar-refractivity contribution in [2.45, 2.75) is 26.2 Å². The Labute approximate surface area is 174 Å². The van der Waals surface area contributed by atoms with Gasteiger partial charge in [0.1, 0.15) is 5.52 Å². The van der Waals surface area contributed by atoms with Gasteiger partial charge in [-0.15, -0.1) is 0 Å². The fourth-order valence-corrected chi connectivity index (χ4v) is 3.14. The Bertz CT molecular complexity index is 1250. The number of rotatable bonds is 4. The van der Waals surface area contributed by atoms with Crippen LogP contribution in [0.15, 0.2) is 76.1 Å². The molecule has 6 heteroatoms. The van der Waals surface area contributed by atoms with E-state index in [-0.39, 0.29) is 11.1 Å². The Kier molecular flexibility index (Phi) is 4.91. The summed E-state index contributed by atoms with van der Waals surface area (Å²) in [5.74, 6) is 0.547. The second-order valence-corrected chi connectivity index (χ2v) is 8.07. The maximum absolute atomic E-state index is 11.1. The van der Waals surface area contributed by atoms with Crippen LogP contribution in [0.3, 0.4) is 0 Å². The summed E-state index contributed by atoms with van der Waals surface area (Å²) >= 11 is 0. The lowest BCUT2D eigenvalue weighted by atomic mass is 9.87. The molecule has 4 rings (SSSR count). The van der Waals surface area contributed by atoms with Crippen LogP contribution in [0.25, 0.3) is 22.6 Å². The molecular formula is C24H21N3O3. The third-order valence-electron chi connectivity index (χ3n) is 4.86. The van der Waals surface area contributed by atoms with Gasteiger partial charge < -0.3 is 4.42 Å². The van der Waals surface area contributed by atoms with E-state index in [1.54, 1.807) is 36.4 Å². The minimum absolute atomic E-state index is 0.0183. The Balaban J connectivity index is 1.62. The molecule has 1 heterocycles. The summed E-state index contributed by atoms with van der Waals surface area (Å²) in [6.45, 7) is 6.52. The predicted molar refractivity (Wildman–Crippen MR) is 118 cm³/mol. The zero-order valence-electron chi connectivity index (χ0n) is 17.0. The van der Waals surface area contributed by atoms with Crippen LogP contribution in [0.1, 0.15) is 31.9 Å². The molecule has 0 amide bonds. The Morgan fingerprint density at radius 2 is 1.77 bits per heavy atom. The molecule has 150 valence electrons. The normalized spacial score (nSPS) is 12.0. The van der Waals surface area contributed by atoms with Crippen molar-refractivity contribution in [1.29, 1.82) is 0 Å². The van der Waals surface area contributed by atoms with E-state index < -0.39 is 4.92 Å². The van der Waals surface area contributed by atoms with Crippen molar-refractivity contribution in [1.82, 2.24) is 4.98 Å². The first-order valence-electron chi connectivity index (χ1n) is 9.60. The van der Waals surface area contributed by atoms with Crippen LogP contribution in [-0.2, 0) is 5.41 Å². The third-order valence-corrected chi connectivity index (χ3v) is 4.86. The van der Waals surface area contributed by atoms with Crippen LogP contribution in [-0.4, -0.2) is 16.1 Å². The minimum atomic E-state index is -0.417. The number of oxazole rings is 1. The fourth-order valence-electron chi connectivity index (χ4n) is 3.14. The Morgan fingerprint density at radius 3 is 2.47 bits per heavy atom. The molecule has 0 saturated heterocycles. The van der Waals surface area contributed by atoms with E-state index >= 15 is 0 Å². The Hall–Kier alpha value is -3.80. The molecule has 1 aromatic heterocycles. The SMILES string of the molecule is CC(C)(C)c1ccc(-c2nc3cc(N=Cc4ccccc4[N+](=O)[O-])ccc3o2)cc1. The van der Waals surface area contributed by atoms with Gasteiger partial charge in [0, 0.05) is 17.8 Å². The molecule has 0 spiro atoms. The smallest absolute Gasteiger partial charge is 0.278 e. The van der Waals surface area contributed by atoms with Crippen molar-refractivity contribution in [3.05, 3.63) is 88.0 Å². The van der Waals surface area contributed by atoms with Gasteiger partial charge in [-0.3, -0.25) is 15.1 Å². The molecule has 0 atom stereocenters. The van der Waals surface area contributed by atoms with E-state index in [1.807, 2.05) is 12.1 Å². The number of para-hydroxylation sites is 1. The largest absolute Gasteiger partial charge is 0.436 e. The summed E-state index contributed by atoms with van der Waals surface area (Å²) in [5.41, 5.74) is 4.69. The molecule has 30 heavy (non-hydrogen) atoms. The quantitative estimate of drug-likeness (QED) is 0.224. The maximum atomic E-state index is 11.1. The van der Waals surface area contributed by atoms with Crippen LogP contribution in [0.2, 0.25) is 0 Å². The minimum Gasteiger partial charge on any atom is -0.436 e. The summed E-state index contributed by atoms with van der Waals surface area (Å²) in [6, 6.07) is 20.1. The lowest BCUT2D eigenvalue weighted by Crippen LogP contribution is -2.10. The second kappa shape index (κ2) is 7.55. The predicted octanol–water partition coefficient (Wildman–Crippen LogP) is 6.45. The molecule has 0 radical (unpaired) electrons. The molecule has 0 bridgehead atoms. The standard InChI is InChI=1S/C24H21N3O3/c1-24(2,3)18-10-8-16(9-11-18)23-26-20-14-19(12-13-22(20)30-23)25-15-17-6-4-5-7-21(17)27(28)29/h4-15H,1-3H3. The van der Waals surface area contributed by atoms with E-state index in [0.29, 0.717) is 28.2 Å². The summed E-state index contributed by atoms with van der Waals surface area (Å²) in [6.07, 6.45) is 1.49. The highest BCUT2D eigenvalue weighted by Gasteiger charge is 2.15. The monoisotopic (exact) mass is 399 g/mol. The highest BCUT2D eigenvalue weighted by Crippen LogP contribution is 2.29. The topological polar surface area (TPSA) is 81.5 Å². The molecule has 3 aromatic carbocycles. The Morgan fingerprint density at radius 1 is 1.03 bits per heavy atom. The number of nitrogens with zero attached hydrogens (tertiary/aromatic N) is 3. The van der Waals surface area contributed by atoms with Gasteiger partial charge in [-0.1, -0.05) is 45.0 Å². The summed E-state index contributed by atoms with van der Waals surface area (Å²) in [7, 11) is 0. The van der Waals surface area contributed by atoms with E-state index in [0.717, 1.165) is 5.56 Å². The van der Waals surface area contributed by atoms with Crippen molar-refractivity contribution >= 4 is 28.7 Å². The van der Waals surface area contributed by atoms with Gasteiger partial charge in [-0.05, 0) is 47.4 Å². The van der Waals surface area contributed by atoms with Crippen LogP contribution in [0, 0.1) is 10.1 Å². The van der Waals surface area contributed by atoms with Gasteiger partial charge in [0.2, 0.25) is 5.89 Å². The number of hydrogen-bond acceptors (Lipinski definition) is 5. The van der Waals surface area contributed by atoms with Gasteiger partial charge in [-0.2, -0.15) is 0 Å². The fraction of sp³-hybridized carbons (Fsp3) is 0.167. The average molecular weight is 399 g/mol. The maximum Gasteiger partial charge on any atom is 0.278 e. The average Bonchev–Trinajstić information content (AvgIpc) is 3.15. The third kappa shape index (κ3) is 3.98. The summed E-state index contributed by atoms with van der Waals surface area (Å²) in [4.78, 5) is 19.7. The van der Waals surface area contributed by atoms with Crippen molar-refractivity contribution in [3.63, 3.8) is 0 Å². The molecule has 0 unspecified atom stereocenters. The van der Waals surface area contributed by atoms with Crippen LogP contribution in [0.4, 0.5) is 11.4 Å². The number of nitro groups is 1. The first kappa shape index (κ1) is 19.5. The van der Waals surface area contributed by atoms with Gasteiger partial charge in [-0.25, -0.2) is 4.98 Å². The zero-order chi connectivity index (χ0) is 21.3. The highest BCUT2D eigenvalue weighted by molar-refractivity contribution is 5.88. The molecule has 0 aliphatic heterocycles. The van der Waals surface area contributed by atoms with E-state index in [4.69, 9.17) is 4.42 Å². The second-order valence-electron chi connectivity index (χ2n) is 8.07. The first-order chi connectivity index (χ1) is 14.3. The van der Waals surface area contributed by atoms with Gasteiger partial charge in [0.05, 0.1) is 16.2 Å². The van der Waals surface area contributed by atoms with Crippen molar-refractivity contribution < 1.29 is 9.34 Å². The summed E-state index contributed by atoms with van der Waals surface area (Å²) in [5, 5.41) is 11.1. The number of aliphatic imine (C=N–C) groups is 1. The van der Waals surface area contributed by atoms with Gasteiger partial charge in [0.15, 0.2) is 5.58 Å². The lowest BCUT2D eigenvalue weighted by molar-refractivity contribution is -0.385. The van der Waals surface area contributed by atoms with Gasteiger partial charge in [0.25, 0.3) is 5.69 Å². The first-order valence-corrected chi connectivity index (χ1v) is 9.60. The highest BCUT2D eigenvalue weighted by atomic mass is 16.6. The summed E-state index contributed by atoms with van der Waals surface area (Å²) < 4.78 is 5.90. The zero-order valence-corrected chi connectivity index (χ0v) is 17.0. The van der Waals surface area contributed by atoms with Crippen molar-refractivity contribution in [2.75, 3.05) is 0 Å². The van der Waals surface area contributed by atoms with E-state index in [1.165, 1.54) is 17.8 Å². The van der Waals surface area contributed by atoms with Crippen LogP contribution >= 0.6 is 0 Å². The number of nitro benzene ring substituents is 1. The van der Waals surface area contributed by atoms with Crippen LogP contribution in [0.5, 0.6) is 0 Å². The van der Waals surface area contributed by atoms with Crippen molar-refractivity contribution in [3.8, 4) is 11.5 Å². The molecule has 0 aliphatic rings. The molecule has 0 saturated carbocycles. The molecule has 0 N–H and O–H groups in total. The van der Waals surface area contributed by atoms with Crippen LogP contribution < -0.4 is 0 Å². The number of hydrogen-bond donors (Lipinski definition) is 0. The molecule has 0 fully saturated rings. The van der Waals surface area contributed by atoms with E-state index in [2.05, 4.69) is 42.9 Å². The molecule has 4 aromatic rings. The van der Waals surface area contributed by atoms with E-state index in [9.17, 15) is 10.1 Å². The molecule has 6 nitrogen and oxygen atoms in total. The number of aromatic nitrogens is 1. The molecule has 0 aliphatic carbocycles. The number of benzene rings is 3. The van der Waals surface area contributed by atoms with Gasteiger partial charge >= 0.3 is 0 Å².